The van der Waals surface area contributed by atoms with Crippen molar-refractivity contribution in [2.24, 2.45) is 0 Å². The minimum atomic E-state index is -1.01. The fourth-order valence-corrected chi connectivity index (χ4v) is 2.96. The van der Waals surface area contributed by atoms with E-state index in [-0.39, 0.29) is 45.1 Å². The number of nitrogens with one attached hydrogen (secondary N) is 3. The molecule has 2 rings (SSSR count). The molecular weight excluding hydrogens is 454 g/mol. The fraction of sp³-hybridized carbons (Fsp3) is 0.360. The predicted octanol–water partition coefficient (Wildman–Crippen LogP) is 1.07. The van der Waals surface area contributed by atoms with Gasteiger partial charge in [-0.3, -0.25) is 9.59 Å². The smallest absolute Gasteiger partial charge is 0.407 e. The van der Waals surface area contributed by atoms with Crippen LogP contribution in [0.15, 0.2) is 60.7 Å². The second-order valence-electron chi connectivity index (χ2n) is 7.57. The van der Waals surface area contributed by atoms with E-state index in [1.807, 2.05) is 24.3 Å². The largest absolute Gasteiger partial charge is 0.464 e. The average molecular weight is 486 g/mol. The van der Waals surface area contributed by atoms with Crippen LogP contribution in [0.3, 0.4) is 0 Å². The quantitative estimate of drug-likeness (QED) is 0.232. The molecule has 0 radical (unpaired) electrons. The van der Waals surface area contributed by atoms with E-state index in [2.05, 4.69) is 16.0 Å². The lowest BCUT2D eigenvalue weighted by Crippen LogP contribution is -2.47. The molecule has 2 aromatic rings. The molecule has 0 unspecified atom stereocenters. The summed E-state index contributed by atoms with van der Waals surface area (Å²) in [6.07, 6.45) is -0.201. The number of carbonyl (C=O) groups excluding carboxylic acids is 4. The van der Waals surface area contributed by atoms with Gasteiger partial charge in [-0.15, -0.1) is 0 Å². The molecule has 0 bridgehead atoms. The maximum absolute atomic E-state index is 12.6. The Bertz CT molecular complexity index is 939. The molecule has 0 aliphatic carbocycles. The summed E-state index contributed by atoms with van der Waals surface area (Å²) in [7, 11) is 0. The van der Waals surface area contributed by atoms with Crippen LogP contribution in [0.4, 0.5) is 4.79 Å². The molecule has 1 atom stereocenters. The number of hydrogen-bond donors (Lipinski definition) is 4. The molecule has 3 amide bonds. The average Bonchev–Trinajstić information content (AvgIpc) is 2.87. The lowest BCUT2D eigenvalue weighted by molar-refractivity contribution is -0.148. The van der Waals surface area contributed by atoms with Crippen LogP contribution in [0.1, 0.15) is 24.0 Å². The normalized spacial score (nSPS) is 11.1. The molecule has 0 aromatic heterocycles. The number of benzene rings is 2. The standard InChI is InChI=1S/C25H31N3O7/c29-14-7-13-26-22(30)12-15-34-24(32)21(16-19-8-3-1-4-9-19)28-23(31)17-27-25(33)35-18-20-10-5-2-6-11-20/h1-6,8-11,21,29H,7,12-18H2,(H,26,30)(H,27,33)(H,28,31)/t21-/m0/s1. The van der Waals surface area contributed by atoms with E-state index in [1.165, 1.54) is 0 Å². The Morgan fingerprint density at radius 1 is 0.829 bits per heavy atom. The number of rotatable bonds is 14. The Morgan fingerprint density at radius 2 is 1.49 bits per heavy atom. The predicted molar refractivity (Wildman–Crippen MR) is 127 cm³/mol. The van der Waals surface area contributed by atoms with Gasteiger partial charge in [0.15, 0.2) is 0 Å². The molecule has 0 saturated heterocycles. The van der Waals surface area contributed by atoms with Crippen LogP contribution in [0.25, 0.3) is 0 Å². The Hall–Kier alpha value is -3.92. The fourth-order valence-electron chi connectivity index (χ4n) is 2.96. The van der Waals surface area contributed by atoms with Gasteiger partial charge in [-0.2, -0.15) is 0 Å². The number of aliphatic hydroxyl groups is 1. The van der Waals surface area contributed by atoms with Crippen LogP contribution in [0.5, 0.6) is 0 Å². The highest BCUT2D eigenvalue weighted by atomic mass is 16.5. The van der Waals surface area contributed by atoms with Gasteiger partial charge in [0, 0.05) is 19.6 Å². The molecule has 188 valence electrons. The summed E-state index contributed by atoms with van der Waals surface area (Å²) in [6.45, 7) is -0.189. The van der Waals surface area contributed by atoms with E-state index >= 15 is 0 Å². The van der Waals surface area contributed by atoms with Crippen LogP contribution < -0.4 is 16.0 Å². The van der Waals surface area contributed by atoms with E-state index < -0.39 is 24.0 Å². The zero-order chi connectivity index (χ0) is 25.3. The molecule has 0 saturated carbocycles. The van der Waals surface area contributed by atoms with E-state index in [9.17, 15) is 19.2 Å². The van der Waals surface area contributed by atoms with Gasteiger partial charge in [0.2, 0.25) is 11.8 Å². The van der Waals surface area contributed by atoms with Crippen molar-refractivity contribution in [1.82, 2.24) is 16.0 Å². The molecule has 10 heteroatoms. The molecule has 0 heterocycles. The number of carbonyl (C=O) groups is 4. The lowest BCUT2D eigenvalue weighted by atomic mass is 10.1. The van der Waals surface area contributed by atoms with Crippen molar-refractivity contribution in [3.8, 4) is 0 Å². The molecule has 2 aromatic carbocycles. The second kappa shape index (κ2) is 15.8. The number of hydrogen-bond acceptors (Lipinski definition) is 7. The molecule has 0 spiro atoms. The van der Waals surface area contributed by atoms with Crippen LogP contribution >= 0.6 is 0 Å². The van der Waals surface area contributed by atoms with Crippen molar-refractivity contribution in [2.75, 3.05) is 26.3 Å². The van der Waals surface area contributed by atoms with Crippen LogP contribution in [0, 0.1) is 0 Å². The molecule has 0 aliphatic rings. The van der Waals surface area contributed by atoms with E-state index in [0.717, 1.165) is 11.1 Å². The van der Waals surface area contributed by atoms with Crippen molar-refractivity contribution in [2.45, 2.75) is 31.9 Å². The number of ether oxygens (including phenoxy) is 2. The third-order valence-electron chi connectivity index (χ3n) is 4.74. The summed E-state index contributed by atoms with van der Waals surface area (Å²) in [5.74, 6) is -1.61. The van der Waals surface area contributed by atoms with Crippen LogP contribution in [-0.2, 0) is 36.9 Å². The maximum atomic E-state index is 12.6. The minimum absolute atomic E-state index is 0.0320. The first-order chi connectivity index (χ1) is 17.0. The molecule has 0 aliphatic heterocycles. The Kier molecular flexibility index (Phi) is 12.4. The monoisotopic (exact) mass is 485 g/mol. The molecular formula is C25H31N3O7. The number of amides is 3. The van der Waals surface area contributed by atoms with Gasteiger partial charge in [0.25, 0.3) is 0 Å². The summed E-state index contributed by atoms with van der Waals surface area (Å²) in [6, 6.07) is 17.1. The SMILES string of the molecule is O=C(CCOC(=O)[C@H](Cc1ccccc1)NC(=O)CNC(=O)OCc1ccccc1)NCCCO. The van der Waals surface area contributed by atoms with Gasteiger partial charge in [0.1, 0.15) is 25.8 Å². The maximum Gasteiger partial charge on any atom is 0.407 e. The number of alkyl carbamates (subject to hydrolysis) is 1. The zero-order valence-corrected chi connectivity index (χ0v) is 19.4. The minimum Gasteiger partial charge on any atom is -0.464 e. The van der Waals surface area contributed by atoms with Gasteiger partial charge in [-0.1, -0.05) is 60.7 Å². The third kappa shape index (κ3) is 11.7. The third-order valence-corrected chi connectivity index (χ3v) is 4.74. The number of esters is 1. The summed E-state index contributed by atoms with van der Waals surface area (Å²) < 4.78 is 10.3. The van der Waals surface area contributed by atoms with Gasteiger partial charge < -0.3 is 30.5 Å². The Morgan fingerprint density at radius 3 is 2.14 bits per heavy atom. The highest BCUT2D eigenvalue weighted by molar-refractivity contribution is 5.87. The van der Waals surface area contributed by atoms with Crippen molar-refractivity contribution in [1.29, 1.82) is 0 Å². The highest BCUT2D eigenvalue weighted by Gasteiger charge is 2.23. The Labute approximate surface area is 204 Å². The first kappa shape index (κ1) is 27.3. The van der Waals surface area contributed by atoms with Crippen LogP contribution in [0.2, 0.25) is 0 Å². The summed E-state index contributed by atoms with van der Waals surface area (Å²) in [5, 5.41) is 16.2. The van der Waals surface area contributed by atoms with Gasteiger partial charge in [-0.25, -0.2) is 9.59 Å². The van der Waals surface area contributed by atoms with Crippen molar-refractivity contribution in [3.63, 3.8) is 0 Å². The summed E-state index contributed by atoms with van der Waals surface area (Å²) in [4.78, 5) is 48.6. The van der Waals surface area contributed by atoms with E-state index in [4.69, 9.17) is 14.6 Å². The topological polar surface area (TPSA) is 143 Å². The zero-order valence-electron chi connectivity index (χ0n) is 19.4. The molecule has 4 N–H and O–H groups in total. The summed E-state index contributed by atoms with van der Waals surface area (Å²) in [5.41, 5.74) is 1.60. The molecule has 35 heavy (non-hydrogen) atoms. The number of aliphatic hydroxyl groups excluding tert-OH is 1. The Balaban J connectivity index is 1.82. The van der Waals surface area contributed by atoms with Gasteiger partial charge in [0.05, 0.1) is 6.42 Å². The lowest BCUT2D eigenvalue weighted by Gasteiger charge is -2.18. The first-order valence-electron chi connectivity index (χ1n) is 11.3. The van der Waals surface area contributed by atoms with Crippen molar-refractivity contribution >= 4 is 23.9 Å². The van der Waals surface area contributed by atoms with E-state index in [1.54, 1.807) is 36.4 Å². The second-order valence-corrected chi connectivity index (χ2v) is 7.57. The van der Waals surface area contributed by atoms with Crippen LogP contribution in [-0.4, -0.2) is 61.3 Å². The summed E-state index contributed by atoms with van der Waals surface area (Å²) >= 11 is 0. The first-order valence-corrected chi connectivity index (χ1v) is 11.3. The molecule has 10 nitrogen and oxygen atoms in total. The van der Waals surface area contributed by atoms with Gasteiger partial charge in [-0.05, 0) is 17.5 Å². The van der Waals surface area contributed by atoms with Gasteiger partial charge >= 0.3 is 12.1 Å². The van der Waals surface area contributed by atoms with Crippen molar-refractivity contribution in [3.05, 3.63) is 71.8 Å². The molecule has 0 fully saturated rings. The van der Waals surface area contributed by atoms with E-state index in [0.29, 0.717) is 13.0 Å². The highest BCUT2D eigenvalue weighted by Crippen LogP contribution is 2.05. The van der Waals surface area contributed by atoms with Crippen molar-refractivity contribution < 1.29 is 33.8 Å².